The van der Waals surface area contributed by atoms with E-state index >= 15 is 0 Å². The fourth-order valence-electron chi connectivity index (χ4n) is 2.56. The van der Waals surface area contributed by atoms with E-state index in [1.807, 2.05) is 34.6 Å². The Labute approximate surface area is 120 Å². The summed E-state index contributed by atoms with van der Waals surface area (Å²) in [5.74, 6) is -0.987. The minimum absolute atomic E-state index is 0.0497. The number of nitrogens with zero attached hydrogens (tertiary/aromatic N) is 2. The van der Waals surface area contributed by atoms with Crippen LogP contribution in [-0.2, 0) is 9.53 Å². The summed E-state index contributed by atoms with van der Waals surface area (Å²) < 4.78 is 5.77. The van der Waals surface area contributed by atoms with Gasteiger partial charge in [0.05, 0.1) is 18.2 Å². The van der Waals surface area contributed by atoms with Crippen molar-refractivity contribution in [2.75, 3.05) is 19.6 Å². The van der Waals surface area contributed by atoms with E-state index in [4.69, 9.17) is 9.84 Å². The zero-order chi connectivity index (χ0) is 15.5. The number of hydrogen-bond donors (Lipinski definition) is 1. The number of carbonyl (C=O) groups excluding carboxylic acids is 1. The Morgan fingerprint density at radius 2 is 2.10 bits per heavy atom. The summed E-state index contributed by atoms with van der Waals surface area (Å²) >= 11 is 0. The van der Waals surface area contributed by atoms with E-state index in [0.717, 1.165) is 6.42 Å². The minimum atomic E-state index is -0.987. The van der Waals surface area contributed by atoms with Gasteiger partial charge in [-0.1, -0.05) is 6.92 Å². The summed E-state index contributed by atoms with van der Waals surface area (Å²) in [5.41, 5.74) is -0.405. The Balaban J connectivity index is 2.85. The van der Waals surface area contributed by atoms with Gasteiger partial charge in [0.15, 0.2) is 0 Å². The van der Waals surface area contributed by atoms with E-state index in [9.17, 15) is 9.59 Å². The molecule has 0 aliphatic carbocycles. The summed E-state index contributed by atoms with van der Waals surface area (Å²) in [5, 5.41) is 8.99. The molecule has 1 N–H and O–H groups in total. The second-order valence-electron chi connectivity index (χ2n) is 6.13. The predicted octanol–water partition coefficient (Wildman–Crippen LogP) is 1.79. The van der Waals surface area contributed by atoms with Gasteiger partial charge in [-0.25, -0.2) is 4.79 Å². The van der Waals surface area contributed by atoms with Crippen LogP contribution in [0.1, 0.15) is 41.0 Å². The third-order valence-electron chi connectivity index (χ3n) is 3.51. The molecular formula is C14H26N2O4. The van der Waals surface area contributed by atoms with Crippen LogP contribution in [-0.4, -0.2) is 64.3 Å². The first-order valence-electron chi connectivity index (χ1n) is 7.11. The lowest BCUT2D eigenvalue weighted by Gasteiger charge is -2.44. The molecule has 0 aromatic rings. The molecule has 1 aliphatic rings. The first kappa shape index (κ1) is 16.8. The van der Waals surface area contributed by atoms with Crippen LogP contribution in [0, 0.1) is 0 Å². The third-order valence-corrected chi connectivity index (χ3v) is 3.51. The van der Waals surface area contributed by atoms with Gasteiger partial charge < -0.3 is 19.6 Å². The van der Waals surface area contributed by atoms with Gasteiger partial charge in [0, 0.05) is 12.6 Å². The molecule has 0 bridgehead atoms. The van der Waals surface area contributed by atoms with E-state index < -0.39 is 11.6 Å². The van der Waals surface area contributed by atoms with E-state index in [1.54, 1.807) is 4.90 Å². The number of rotatable bonds is 4. The molecular weight excluding hydrogens is 260 g/mol. The highest BCUT2D eigenvalue weighted by Gasteiger charge is 2.36. The molecule has 20 heavy (non-hydrogen) atoms. The zero-order valence-corrected chi connectivity index (χ0v) is 13.0. The van der Waals surface area contributed by atoms with Crippen molar-refractivity contribution >= 4 is 12.0 Å². The normalized spacial score (nSPS) is 23.2. The molecule has 1 rings (SSSR count). The van der Waals surface area contributed by atoms with Crippen molar-refractivity contribution in [2.45, 2.75) is 58.8 Å². The first-order chi connectivity index (χ1) is 9.16. The van der Waals surface area contributed by atoms with Gasteiger partial charge in [0.1, 0.15) is 6.54 Å². The molecule has 0 saturated carbocycles. The van der Waals surface area contributed by atoms with E-state index in [0.29, 0.717) is 13.1 Å². The fraction of sp³-hybridized carbons (Fsp3) is 0.857. The zero-order valence-electron chi connectivity index (χ0n) is 13.0. The largest absolute Gasteiger partial charge is 0.480 e. The Hall–Kier alpha value is -1.30. The average molecular weight is 286 g/mol. The molecule has 2 unspecified atom stereocenters. The molecule has 116 valence electrons. The summed E-state index contributed by atoms with van der Waals surface area (Å²) in [6.45, 7) is 10.3. The van der Waals surface area contributed by atoms with Crippen molar-refractivity contribution in [2.24, 2.45) is 0 Å². The smallest absolute Gasteiger partial charge is 0.323 e. The average Bonchev–Trinajstić information content (AvgIpc) is 2.31. The fourth-order valence-corrected chi connectivity index (χ4v) is 2.56. The van der Waals surface area contributed by atoms with Crippen LogP contribution in [0.25, 0.3) is 0 Å². The first-order valence-corrected chi connectivity index (χ1v) is 7.11. The lowest BCUT2D eigenvalue weighted by atomic mass is 10.1. The predicted molar refractivity (Wildman–Crippen MR) is 75.7 cm³/mol. The van der Waals surface area contributed by atoms with Crippen LogP contribution < -0.4 is 0 Å². The number of amides is 2. The number of ether oxygens (including phenoxy) is 1. The Morgan fingerprint density at radius 1 is 1.50 bits per heavy atom. The Kier molecular flexibility index (Phi) is 5.39. The molecule has 0 radical (unpaired) electrons. The SMILES string of the molecule is CCC(C)N(CC(=O)O)C(=O)N1CC(C)OC(C)(C)C1. The van der Waals surface area contributed by atoms with Crippen LogP contribution in [0.15, 0.2) is 0 Å². The minimum Gasteiger partial charge on any atom is -0.480 e. The standard InChI is InChI=1S/C14H26N2O4/c1-6-10(2)16(8-12(17)18)13(19)15-7-11(3)20-14(4,5)9-15/h10-11H,6-9H2,1-5H3,(H,17,18). The van der Waals surface area contributed by atoms with Gasteiger partial charge in [0.2, 0.25) is 0 Å². The Morgan fingerprint density at radius 3 is 2.55 bits per heavy atom. The van der Waals surface area contributed by atoms with Crippen LogP contribution >= 0.6 is 0 Å². The highest BCUT2D eigenvalue weighted by Crippen LogP contribution is 2.22. The van der Waals surface area contributed by atoms with Crippen molar-refractivity contribution in [3.63, 3.8) is 0 Å². The molecule has 1 heterocycles. The quantitative estimate of drug-likeness (QED) is 0.855. The van der Waals surface area contributed by atoms with Crippen molar-refractivity contribution in [3.05, 3.63) is 0 Å². The molecule has 2 amide bonds. The molecule has 0 spiro atoms. The lowest BCUT2D eigenvalue weighted by Crippen LogP contribution is -2.58. The second-order valence-corrected chi connectivity index (χ2v) is 6.13. The monoisotopic (exact) mass is 286 g/mol. The van der Waals surface area contributed by atoms with E-state index in [1.165, 1.54) is 4.90 Å². The number of carbonyl (C=O) groups is 2. The van der Waals surface area contributed by atoms with Crippen LogP contribution in [0.4, 0.5) is 4.79 Å². The molecule has 1 aliphatic heterocycles. The molecule has 1 saturated heterocycles. The molecule has 6 heteroatoms. The number of carboxylic acids is 1. The molecule has 0 aromatic heterocycles. The molecule has 0 aromatic carbocycles. The van der Waals surface area contributed by atoms with Gasteiger partial charge in [-0.15, -0.1) is 0 Å². The topological polar surface area (TPSA) is 70.1 Å². The lowest BCUT2D eigenvalue weighted by molar-refractivity contribution is -0.139. The number of morpholine rings is 1. The van der Waals surface area contributed by atoms with Crippen molar-refractivity contribution in [3.8, 4) is 0 Å². The maximum absolute atomic E-state index is 12.6. The maximum atomic E-state index is 12.6. The van der Waals surface area contributed by atoms with Crippen molar-refractivity contribution in [1.29, 1.82) is 0 Å². The second kappa shape index (κ2) is 6.43. The van der Waals surface area contributed by atoms with Gasteiger partial charge in [-0.3, -0.25) is 4.79 Å². The number of carboxylic acid groups (broad SMARTS) is 1. The summed E-state index contributed by atoms with van der Waals surface area (Å²) in [6, 6.07) is -0.315. The van der Waals surface area contributed by atoms with Crippen LogP contribution in [0.3, 0.4) is 0 Å². The summed E-state index contributed by atoms with van der Waals surface area (Å²) in [6.07, 6.45) is 0.675. The number of hydrogen-bond acceptors (Lipinski definition) is 3. The Bertz CT molecular complexity index is 370. The van der Waals surface area contributed by atoms with Crippen LogP contribution in [0.5, 0.6) is 0 Å². The molecule has 6 nitrogen and oxygen atoms in total. The number of urea groups is 1. The molecule has 2 atom stereocenters. The van der Waals surface area contributed by atoms with Gasteiger partial charge in [-0.05, 0) is 34.1 Å². The van der Waals surface area contributed by atoms with Gasteiger partial charge in [-0.2, -0.15) is 0 Å². The van der Waals surface area contributed by atoms with Gasteiger partial charge in [0.25, 0.3) is 0 Å². The highest BCUT2D eigenvalue weighted by molar-refractivity contribution is 5.80. The summed E-state index contributed by atoms with van der Waals surface area (Å²) in [7, 11) is 0. The van der Waals surface area contributed by atoms with Crippen molar-refractivity contribution < 1.29 is 19.4 Å². The van der Waals surface area contributed by atoms with Gasteiger partial charge >= 0.3 is 12.0 Å². The number of aliphatic carboxylic acids is 1. The molecule has 1 fully saturated rings. The van der Waals surface area contributed by atoms with Crippen LogP contribution in [0.2, 0.25) is 0 Å². The van der Waals surface area contributed by atoms with Crippen molar-refractivity contribution in [1.82, 2.24) is 9.80 Å². The summed E-state index contributed by atoms with van der Waals surface area (Å²) in [4.78, 5) is 26.7. The van der Waals surface area contributed by atoms with E-state index in [-0.39, 0.29) is 24.7 Å². The maximum Gasteiger partial charge on any atom is 0.323 e. The van der Waals surface area contributed by atoms with E-state index in [2.05, 4.69) is 0 Å². The highest BCUT2D eigenvalue weighted by atomic mass is 16.5. The third kappa shape index (κ3) is 4.37.